The van der Waals surface area contributed by atoms with Gasteiger partial charge >= 0.3 is 11.9 Å². The van der Waals surface area contributed by atoms with Crippen LogP contribution in [-0.4, -0.2) is 23.7 Å². The van der Waals surface area contributed by atoms with Gasteiger partial charge in [0.05, 0.1) is 18.4 Å². The van der Waals surface area contributed by atoms with Gasteiger partial charge in [0.15, 0.2) is 0 Å². The van der Waals surface area contributed by atoms with Crippen molar-refractivity contribution in [2.45, 2.75) is 13.3 Å². The number of carbonyl (C=O) groups is 2. The molecule has 6 atom stereocenters. The van der Waals surface area contributed by atoms with E-state index in [9.17, 15) is 14.7 Å². The van der Waals surface area contributed by atoms with E-state index in [2.05, 4.69) is 0 Å². The molecule has 0 radical (unpaired) electrons. The molecule has 0 spiro atoms. The highest BCUT2D eigenvalue weighted by Crippen LogP contribution is 2.63. The summed E-state index contributed by atoms with van der Waals surface area (Å²) in [6.07, 6.45) is 5.12. The summed E-state index contributed by atoms with van der Waals surface area (Å²) in [5, 5.41) is 9.34. The number of carbonyl (C=O) groups excluding carboxylic acids is 1. The van der Waals surface area contributed by atoms with Gasteiger partial charge in [0.25, 0.3) is 0 Å². The second kappa shape index (κ2) is 3.59. The van der Waals surface area contributed by atoms with Crippen molar-refractivity contribution in [3.8, 4) is 0 Å². The Morgan fingerprint density at radius 3 is 2.35 bits per heavy atom. The van der Waals surface area contributed by atoms with Crippen LogP contribution in [0.25, 0.3) is 0 Å². The number of hydrogen-bond acceptors (Lipinski definition) is 3. The van der Waals surface area contributed by atoms with Crippen LogP contribution in [0.3, 0.4) is 0 Å². The van der Waals surface area contributed by atoms with Crippen LogP contribution in [0, 0.1) is 35.5 Å². The van der Waals surface area contributed by atoms with Crippen molar-refractivity contribution in [1.82, 2.24) is 0 Å². The van der Waals surface area contributed by atoms with Crippen molar-refractivity contribution >= 4 is 11.9 Å². The summed E-state index contributed by atoms with van der Waals surface area (Å²) in [5.41, 5.74) is 0. The third-order valence-electron chi connectivity index (χ3n) is 4.50. The van der Waals surface area contributed by atoms with Crippen molar-refractivity contribution < 1.29 is 19.4 Å². The first-order valence-electron chi connectivity index (χ1n) is 6.23. The average molecular weight is 236 g/mol. The Kier molecular flexibility index (Phi) is 2.28. The molecule has 0 aromatic carbocycles. The predicted octanol–water partition coefficient (Wildman–Crippen LogP) is 1.32. The van der Waals surface area contributed by atoms with E-state index >= 15 is 0 Å². The van der Waals surface area contributed by atoms with Gasteiger partial charge in [-0.05, 0) is 37.0 Å². The summed E-state index contributed by atoms with van der Waals surface area (Å²) < 4.78 is 5.05. The Bertz CT molecular complexity index is 400. The molecule has 0 saturated heterocycles. The van der Waals surface area contributed by atoms with Crippen molar-refractivity contribution in [3.63, 3.8) is 0 Å². The molecule has 2 bridgehead atoms. The van der Waals surface area contributed by atoms with Crippen molar-refractivity contribution in [3.05, 3.63) is 12.2 Å². The van der Waals surface area contributed by atoms with Crippen LogP contribution >= 0.6 is 0 Å². The molecule has 4 rings (SSSR count). The molecule has 0 aliphatic heterocycles. The Hall–Kier alpha value is -1.32. The van der Waals surface area contributed by atoms with E-state index in [4.69, 9.17) is 4.74 Å². The molecule has 4 aliphatic rings. The highest BCUT2D eigenvalue weighted by molar-refractivity contribution is 5.83. The molecule has 0 aromatic rings. The Morgan fingerprint density at radius 1 is 1.24 bits per heavy atom. The van der Waals surface area contributed by atoms with Crippen LogP contribution in [0.5, 0.6) is 0 Å². The molecule has 0 unspecified atom stereocenters. The van der Waals surface area contributed by atoms with Gasteiger partial charge in [0, 0.05) is 0 Å². The normalized spacial score (nSPS) is 45.2. The summed E-state index contributed by atoms with van der Waals surface area (Å²) in [6, 6.07) is 0. The van der Waals surface area contributed by atoms with Crippen LogP contribution < -0.4 is 0 Å². The fourth-order valence-corrected chi connectivity index (χ4v) is 3.77. The first-order chi connectivity index (χ1) is 8.15. The first-order valence-corrected chi connectivity index (χ1v) is 6.23. The highest BCUT2D eigenvalue weighted by atomic mass is 16.5. The third kappa shape index (κ3) is 1.43. The number of allylic oxidation sites excluding steroid dienone is 2. The number of hydrogen-bond donors (Lipinski definition) is 1. The maximum Gasteiger partial charge on any atom is 0.310 e. The minimum Gasteiger partial charge on any atom is -0.481 e. The molecule has 2 fully saturated rings. The summed E-state index contributed by atoms with van der Waals surface area (Å²) >= 11 is 0. The molecule has 2 saturated carbocycles. The zero-order valence-electron chi connectivity index (χ0n) is 9.70. The van der Waals surface area contributed by atoms with Gasteiger partial charge in [0.1, 0.15) is 0 Å². The van der Waals surface area contributed by atoms with Crippen LogP contribution in [0.2, 0.25) is 0 Å². The van der Waals surface area contributed by atoms with Gasteiger partial charge < -0.3 is 9.84 Å². The van der Waals surface area contributed by atoms with E-state index in [1.54, 1.807) is 6.92 Å². The monoisotopic (exact) mass is 236 g/mol. The molecule has 1 N–H and O–H groups in total. The fourth-order valence-electron chi connectivity index (χ4n) is 3.77. The zero-order valence-corrected chi connectivity index (χ0v) is 9.70. The SMILES string of the molecule is CCOC(=O)[C@@H]1[C@@H]2C=C[C@@H]([C@H]3C[C@@H]23)[C@@H]1C(=O)O. The number of esters is 1. The number of carboxylic acids is 1. The zero-order chi connectivity index (χ0) is 12.2. The second-order valence-corrected chi connectivity index (χ2v) is 5.24. The van der Waals surface area contributed by atoms with Crippen molar-refractivity contribution in [2.75, 3.05) is 6.61 Å². The summed E-state index contributed by atoms with van der Waals surface area (Å²) in [6.45, 7) is 2.07. The molecule has 4 nitrogen and oxygen atoms in total. The minimum absolute atomic E-state index is 0.0388. The van der Waals surface area contributed by atoms with Gasteiger partial charge in [-0.2, -0.15) is 0 Å². The summed E-state index contributed by atoms with van der Waals surface area (Å²) in [5.74, 6) is -1.08. The summed E-state index contributed by atoms with van der Waals surface area (Å²) in [7, 11) is 0. The molecular weight excluding hydrogens is 220 g/mol. The van der Waals surface area contributed by atoms with Gasteiger partial charge in [-0.3, -0.25) is 9.59 Å². The van der Waals surface area contributed by atoms with E-state index in [-0.39, 0.29) is 17.8 Å². The fraction of sp³-hybridized carbons (Fsp3) is 0.692. The Balaban J connectivity index is 1.92. The lowest BCUT2D eigenvalue weighted by Gasteiger charge is -2.40. The predicted molar refractivity (Wildman–Crippen MR) is 59.0 cm³/mol. The number of rotatable bonds is 3. The second-order valence-electron chi connectivity index (χ2n) is 5.24. The quantitative estimate of drug-likeness (QED) is 0.593. The van der Waals surface area contributed by atoms with E-state index in [1.165, 1.54) is 0 Å². The maximum atomic E-state index is 11.9. The summed E-state index contributed by atoms with van der Waals surface area (Å²) in [4.78, 5) is 23.3. The number of aliphatic carboxylic acids is 1. The largest absolute Gasteiger partial charge is 0.481 e. The molecule has 0 aromatic heterocycles. The average Bonchev–Trinajstić information content (AvgIpc) is 3.09. The van der Waals surface area contributed by atoms with Crippen LogP contribution in [-0.2, 0) is 14.3 Å². The topological polar surface area (TPSA) is 63.6 Å². The van der Waals surface area contributed by atoms with E-state index in [1.807, 2.05) is 12.2 Å². The van der Waals surface area contributed by atoms with Crippen molar-refractivity contribution in [1.29, 1.82) is 0 Å². The lowest BCUT2D eigenvalue weighted by molar-refractivity contribution is -0.164. The minimum atomic E-state index is -0.854. The molecule has 17 heavy (non-hydrogen) atoms. The van der Waals surface area contributed by atoms with Crippen LogP contribution in [0.15, 0.2) is 12.2 Å². The highest BCUT2D eigenvalue weighted by Gasteiger charge is 2.63. The standard InChI is InChI=1S/C13H16O4/c1-2-17-13(16)11-7-4-3-6(8-5-9(7)8)10(11)12(14)15/h3-4,6-11H,2,5H2,1H3,(H,14,15)/t6-,7+,8+,9-,10-,11+/m0/s1. The third-order valence-corrected chi connectivity index (χ3v) is 4.50. The van der Waals surface area contributed by atoms with Gasteiger partial charge in [-0.25, -0.2) is 0 Å². The Morgan fingerprint density at radius 2 is 1.82 bits per heavy atom. The first kappa shape index (κ1) is 10.8. The molecule has 4 aliphatic carbocycles. The van der Waals surface area contributed by atoms with Crippen molar-refractivity contribution in [2.24, 2.45) is 35.5 Å². The van der Waals surface area contributed by atoms with Crippen LogP contribution in [0.4, 0.5) is 0 Å². The van der Waals surface area contributed by atoms with E-state index in [0.717, 1.165) is 6.42 Å². The Labute approximate surface area is 99.6 Å². The number of carboxylic acid groups (broad SMARTS) is 1. The van der Waals surface area contributed by atoms with Gasteiger partial charge in [-0.1, -0.05) is 12.2 Å². The van der Waals surface area contributed by atoms with Crippen LogP contribution in [0.1, 0.15) is 13.3 Å². The molecule has 0 heterocycles. The molecule has 4 heteroatoms. The van der Waals surface area contributed by atoms with E-state index < -0.39 is 17.8 Å². The molecule has 92 valence electrons. The van der Waals surface area contributed by atoms with Gasteiger partial charge in [-0.15, -0.1) is 0 Å². The number of fused-ring (bicyclic) bond motifs is 1. The maximum absolute atomic E-state index is 11.9. The van der Waals surface area contributed by atoms with Gasteiger partial charge in [0.2, 0.25) is 0 Å². The molecular formula is C13H16O4. The van der Waals surface area contributed by atoms with E-state index in [0.29, 0.717) is 18.4 Å². The lowest BCUT2D eigenvalue weighted by atomic mass is 9.62. The number of ether oxygens (including phenoxy) is 1. The lowest BCUT2D eigenvalue weighted by Crippen LogP contribution is -2.47. The smallest absolute Gasteiger partial charge is 0.310 e. The molecule has 0 amide bonds.